The number of nitrogens with one attached hydrogen (secondary N) is 1. The van der Waals surface area contributed by atoms with Crippen molar-refractivity contribution >= 4 is 22.7 Å². The minimum atomic E-state index is 0. The molecule has 4 aromatic heterocycles. The topological polar surface area (TPSA) is 41.6 Å². The average Bonchev–Trinajstić information content (AvgIpc) is 3.79. The molecule has 0 atom stereocenters. The summed E-state index contributed by atoms with van der Waals surface area (Å²) in [7, 11) is 0. The molecular formula is C39H61N3S2. The molecule has 1 N–H and O–H groups in total. The summed E-state index contributed by atoms with van der Waals surface area (Å²) >= 11 is 3.60. The van der Waals surface area contributed by atoms with Gasteiger partial charge in [-0.2, -0.15) is 16.4 Å². The molecule has 5 aromatic rings. The van der Waals surface area contributed by atoms with Crippen LogP contribution in [0.25, 0.3) is 0 Å². The normalized spacial score (nSPS) is 9.80. The maximum Gasteiger partial charge on any atom is 0.0490 e. The summed E-state index contributed by atoms with van der Waals surface area (Å²) in [5.74, 6) is 3.22. The second-order valence-corrected chi connectivity index (χ2v) is 13.3. The Labute approximate surface area is 279 Å². The van der Waals surface area contributed by atoms with Crippen molar-refractivity contribution in [2.24, 2.45) is 0 Å². The van der Waals surface area contributed by atoms with Crippen LogP contribution in [0, 0.1) is 0 Å². The molecule has 0 aliphatic heterocycles. The van der Waals surface area contributed by atoms with Crippen molar-refractivity contribution in [1.82, 2.24) is 15.2 Å². The highest BCUT2D eigenvalue weighted by Gasteiger charge is 1.97. The monoisotopic (exact) mass is 635 g/mol. The molecule has 0 aliphatic carbocycles. The summed E-state index contributed by atoms with van der Waals surface area (Å²) in [6.07, 6.45) is 5.48. The first-order chi connectivity index (χ1) is 20.0. The van der Waals surface area contributed by atoms with E-state index in [0.29, 0.717) is 29.6 Å². The Morgan fingerprint density at radius 1 is 0.545 bits per heavy atom. The third-order valence-electron chi connectivity index (χ3n) is 6.28. The van der Waals surface area contributed by atoms with Crippen LogP contribution in [-0.2, 0) is 0 Å². The Kier molecular flexibility index (Phi) is 24.8. The summed E-state index contributed by atoms with van der Waals surface area (Å²) in [4.78, 5) is 5.48. The van der Waals surface area contributed by atoms with Gasteiger partial charge in [-0.15, -0.1) is 11.3 Å². The average molecular weight is 636 g/mol. The van der Waals surface area contributed by atoms with E-state index in [1.807, 2.05) is 35.7 Å². The second kappa shape index (κ2) is 25.3. The van der Waals surface area contributed by atoms with Crippen molar-refractivity contribution in [3.8, 4) is 0 Å². The molecule has 0 aliphatic rings. The van der Waals surface area contributed by atoms with Crippen LogP contribution in [0.15, 0.2) is 101 Å². The van der Waals surface area contributed by atoms with Gasteiger partial charge >= 0.3 is 0 Å². The van der Waals surface area contributed by atoms with Gasteiger partial charge in [0.25, 0.3) is 0 Å². The van der Waals surface area contributed by atoms with Crippen molar-refractivity contribution in [2.75, 3.05) is 0 Å². The van der Waals surface area contributed by atoms with Crippen LogP contribution in [0.1, 0.15) is 141 Å². The van der Waals surface area contributed by atoms with E-state index in [-0.39, 0.29) is 14.9 Å². The summed E-state index contributed by atoms with van der Waals surface area (Å²) in [5.41, 5.74) is 5.37. The molecule has 3 nitrogen and oxygen atoms in total. The third-order valence-corrected chi connectivity index (χ3v) is 8.16. The van der Waals surface area contributed by atoms with E-state index in [2.05, 4.69) is 149 Å². The number of H-pyrrole nitrogens is 1. The van der Waals surface area contributed by atoms with E-state index in [4.69, 9.17) is 0 Å². The van der Waals surface area contributed by atoms with Crippen molar-refractivity contribution in [2.45, 2.75) is 114 Å². The summed E-state index contributed by atoms with van der Waals surface area (Å²) in [6.45, 7) is 21.8. The van der Waals surface area contributed by atoms with E-state index in [1.165, 1.54) is 27.3 Å². The lowest BCUT2D eigenvalue weighted by Crippen LogP contribution is -1.85. The third kappa shape index (κ3) is 19.3. The maximum absolute atomic E-state index is 4.01. The highest BCUT2D eigenvalue weighted by molar-refractivity contribution is 7.10. The van der Waals surface area contributed by atoms with Crippen LogP contribution in [0.2, 0.25) is 0 Å². The number of benzene rings is 1. The Balaban J connectivity index is 0. The lowest BCUT2D eigenvalue weighted by atomic mass is 10.0. The van der Waals surface area contributed by atoms with Crippen molar-refractivity contribution < 1.29 is 0 Å². The second-order valence-electron chi connectivity index (χ2n) is 11.6. The van der Waals surface area contributed by atoms with Gasteiger partial charge in [0.2, 0.25) is 0 Å². The van der Waals surface area contributed by atoms with Gasteiger partial charge in [-0.25, -0.2) is 0 Å². The molecule has 44 heavy (non-hydrogen) atoms. The molecule has 0 fully saturated rings. The first-order valence-corrected chi connectivity index (χ1v) is 16.8. The van der Waals surface area contributed by atoms with Gasteiger partial charge in [-0.3, -0.25) is 10.1 Å². The lowest BCUT2D eigenvalue weighted by Gasteiger charge is -2.01. The Morgan fingerprint density at radius 2 is 1.16 bits per heavy atom. The summed E-state index contributed by atoms with van der Waals surface area (Å²) in [6, 6.07) is 23.0. The number of rotatable bonds is 5. The first kappa shape index (κ1) is 43.1. The number of aromatic amines is 1. The van der Waals surface area contributed by atoms with Crippen LogP contribution in [0.4, 0.5) is 0 Å². The molecule has 5 heteroatoms. The van der Waals surface area contributed by atoms with Crippen molar-refractivity contribution in [3.05, 3.63) is 129 Å². The van der Waals surface area contributed by atoms with Gasteiger partial charge in [-0.05, 0) is 86.7 Å². The minimum absolute atomic E-state index is 0. The van der Waals surface area contributed by atoms with Gasteiger partial charge in [0, 0.05) is 29.2 Å². The zero-order valence-electron chi connectivity index (χ0n) is 27.4. The fourth-order valence-corrected chi connectivity index (χ4v) is 4.93. The van der Waals surface area contributed by atoms with Crippen molar-refractivity contribution in [1.29, 1.82) is 0 Å². The van der Waals surface area contributed by atoms with Gasteiger partial charge < -0.3 is 0 Å². The number of aromatic nitrogens is 3. The van der Waals surface area contributed by atoms with E-state index < -0.39 is 0 Å². The fourth-order valence-electron chi connectivity index (χ4n) is 3.37. The molecule has 0 spiro atoms. The molecule has 1 aromatic carbocycles. The Bertz CT molecular complexity index is 1090. The predicted molar refractivity (Wildman–Crippen MR) is 202 cm³/mol. The van der Waals surface area contributed by atoms with E-state index in [9.17, 15) is 0 Å². The molecule has 0 bridgehead atoms. The predicted octanol–water partition coefficient (Wildman–Crippen LogP) is 13.6. The Hall–Kier alpha value is -3.02. The highest BCUT2D eigenvalue weighted by Crippen LogP contribution is 2.19. The van der Waals surface area contributed by atoms with Crippen LogP contribution >= 0.6 is 22.7 Å². The molecular weight excluding hydrogens is 575 g/mol. The molecule has 0 saturated heterocycles. The highest BCUT2D eigenvalue weighted by atomic mass is 32.1. The quantitative estimate of drug-likeness (QED) is 0.209. The van der Waals surface area contributed by atoms with Gasteiger partial charge in [0.15, 0.2) is 0 Å². The van der Waals surface area contributed by atoms with E-state index in [1.54, 1.807) is 23.7 Å². The molecule has 0 amide bonds. The van der Waals surface area contributed by atoms with E-state index in [0.717, 1.165) is 0 Å². The van der Waals surface area contributed by atoms with Crippen LogP contribution in [0.3, 0.4) is 0 Å². The number of hydrogen-bond donors (Lipinski definition) is 1. The number of pyridine rings is 1. The molecule has 0 radical (unpaired) electrons. The number of nitrogens with zero attached hydrogens (tertiary/aromatic N) is 2. The van der Waals surface area contributed by atoms with Gasteiger partial charge in [0.05, 0.1) is 0 Å². The molecule has 5 rings (SSSR count). The standard InChI is InChI=1S/C9H12.C8H11N.2C7H10S.C6H10N2.2CH4/c1-8(2)9-6-4-3-5-7-9;1-7(2)8-4-3-5-9-6-8;1-6(2)7-3-4-8-5-7;1-6(2)7-4-3-5-8-7;1-5(2)6-3-4-7-8-6;;/h3-8H,1-2H3;3-7H,1-2H3;2*3-6H,1-2H3;3-5H,1-2H3,(H,7,8);2*1H4. The molecule has 0 saturated carbocycles. The number of hydrogen-bond acceptors (Lipinski definition) is 4. The van der Waals surface area contributed by atoms with Crippen LogP contribution in [-0.4, -0.2) is 15.2 Å². The van der Waals surface area contributed by atoms with Gasteiger partial charge in [-0.1, -0.05) is 127 Å². The largest absolute Gasteiger partial charge is 0.282 e. The van der Waals surface area contributed by atoms with Crippen LogP contribution in [0.5, 0.6) is 0 Å². The zero-order chi connectivity index (χ0) is 31.3. The van der Waals surface area contributed by atoms with Gasteiger partial charge in [0.1, 0.15) is 0 Å². The number of thiophene rings is 2. The molecule has 4 heterocycles. The minimum Gasteiger partial charge on any atom is -0.282 e. The maximum atomic E-state index is 4.01. The van der Waals surface area contributed by atoms with E-state index >= 15 is 0 Å². The van der Waals surface area contributed by atoms with Crippen molar-refractivity contribution in [3.63, 3.8) is 0 Å². The summed E-state index contributed by atoms with van der Waals surface area (Å²) in [5, 5.41) is 13.1. The van der Waals surface area contributed by atoms with Crippen LogP contribution < -0.4 is 0 Å². The Morgan fingerprint density at radius 3 is 1.43 bits per heavy atom. The summed E-state index contributed by atoms with van der Waals surface area (Å²) < 4.78 is 0. The SMILES string of the molecule is C.C.CC(C)c1ccccc1.CC(C)c1cccnc1.CC(C)c1cccs1.CC(C)c1ccn[nH]1.CC(C)c1ccsc1. The fraction of sp³-hybridized carbons (Fsp3) is 0.436. The zero-order valence-corrected chi connectivity index (χ0v) is 29.0. The molecule has 244 valence electrons. The molecule has 0 unspecified atom stereocenters. The lowest BCUT2D eigenvalue weighted by molar-refractivity contribution is 0.810. The first-order valence-electron chi connectivity index (χ1n) is 15.0. The smallest absolute Gasteiger partial charge is 0.0490 e.